The lowest BCUT2D eigenvalue weighted by Gasteiger charge is -2.32. The number of halogens is 6. The van der Waals surface area contributed by atoms with E-state index in [1.165, 1.54) is 13.0 Å². The molecule has 43 heavy (non-hydrogen) atoms. The van der Waals surface area contributed by atoms with E-state index in [2.05, 4.69) is 10.2 Å². The van der Waals surface area contributed by atoms with Crippen molar-refractivity contribution < 1.29 is 27.2 Å². The van der Waals surface area contributed by atoms with Crippen molar-refractivity contribution in [3.8, 4) is 0 Å². The van der Waals surface area contributed by atoms with E-state index >= 15 is 0 Å². The van der Waals surface area contributed by atoms with Gasteiger partial charge in [0.2, 0.25) is 11.8 Å². The number of benzene rings is 2. The largest absolute Gasteiger partial charge is 0.419 e. The third-order valence-corrected chi connectivity index (χ3v) is 9.20. The first kappa shape index (κ1) is 33.5. The number of nitrogens with zero attached hydrogens (tertiary/aromatic N) is 3. The Morgan fingerprint density at radius 3 is 2.37 bits per heavy atom. The number of likely N-dealkylation sites (N-methyl/N-ethyl adjacent to an activating group) is 1. The van der Waals surface area contributed by atoms with E-state index in [1.54, 1.807) is 12.1 Å². The summed E-state index contributed by atoms with van der Waals surface area (Å²) < 4.78 is 53.4. The van der Waals surface area contributed by atoms with Crippen LogP contribution in [0.25, 0.3) is 0 Å². The zero-order chi connectivity index (χ0) is 31.3. The van der Waals surface area contributed by atoms with E-state index in [9.17, 15) is 27.2 Å². The van der Waals surface area contributed by atoms with Crippen molar-refractivity contribution in [2.45, 2.75) is 69.8 Å². The Balaban J connectivity index is 1.36. The lowest BCUT2D eigenvalue weighted by molar-refractivity contribution is -0.140. The summed E-state index contributed by atoms with van der Waals surface area (Å²) >= 11 is 12.5. The predicted octanol–water partition coefficient (Wildman–Crippen LogP) is 6.35. The van der Waals surface area contributed by atoms with Crippen LogP contribution in [0.5, 0.6) is 0 Å². The van der Waals surface area contributed by atoms with Crippen LogP contribution in [0.1, 0.15) is 61.6 Å². The lowest BCUT2D eigenvalue weighted by atomic mass is 9.93. The molecule has 0 aromatic heterocycles. The summed E-state index contributed by atoms with van der Waals surface area (Å²) in [6.45, 7) is 5.39. The molecule has 0 unspecified atom stereocenters. The van der Waals surface area contributed by atoms with Crippen molar-refractivity contribution in [1.29, 1.82) is 0 Å². The first-order chi connectivity index (χ1) is 20.3. The SMILES string of the molecule is CC(=O)NC1CCN(CCCCC(=O)N2C[C@H](c3ccc(Cl)c(Cl)c3)[C@@H](N(C)Cc3ccc(C(F)(F)F)c(F)c3)C2)CC1. The second-order valence-corrected chi connectivity index (χ2v) is 12.5. The van der Waals surface area contributed by atoms with Gasteiger partial charge in [-0.05, 0) is 74.7 Å². The van der Waals surface area contributed by atoms with Crippen molar-refractivity contribution in [2.75, 3.05) is 39.8 Å². The highest BCUT2D eigenvalue weighted by Gasteiger charge is 2.39. The molecule has 12 heteroatoms. The van der Waals surface area contributed by atoms with Crippen molar-refractivity contribution >= 4 is 35.0 Å². The Morgan fingerprint density at radius 2 is 1.74 bits per heavy atom. The number of amides is 2. The molecule has 2 amide bonds. The Morgan fingerprint density at radius 1 is 1.02 bits per heavy atom. The normalized spacial score (nSPS) is 20.2. The molecule has 4 rings (SSSR count). The second-order valence-electron chi connectivity index (χ2n) is 11.6. The van der Waals surface area contributed by atoms with Crippen molar-refractivity contribution in [1.82, 2.24) is 20.0 Å². The van der Waals surface area contributed by atoms with Gasteiger partial charge in [0.1, 0.15) is 5.82 Å². The molecule has 2 heterocycles. The number of hydrogen-bond acceptors (Lipinski definition) is 4. The summed E-state index contributed by atoms with van der Waals surface area (Å²) in [5.74, 6) is -1.37. The number of unbranched alkanes of at least 4 members (excludes halogenated alkanes) is 1. The highest BCUT2D eigenvalue weighted by Crippen LogP contribution is 2.36. The minimum atomic E-state index is -4.76. The molecule has 0 aliphatic carbocycles. The van der Waals surface area contributed by atoms with Crippen LogP contribution in [-0.4, -0.2) is 78.4 Å². The van der Waals surface area contributed by atoms with Gasteiger partial charge in [0, 0.05) is 64.1 Å². The molecule has 2 aromatic carbocycles. The first-order valence-corrected chi connectivity index (χ1v) is 15.4. The van der Waals surface area contributed by atoms with Gasteiger partial charge in [0.05, 0.1) is 15.6 Å². The van der Waals surface area contributed by atoms with E-state index < -0.39 is 17.6 Å². The summed E-state index contributed by atoms with van der Waals surface area (Å²) in [7, 11) is 1.83. The van der Waals surface area contributed by atoms with Gasteiger partial charge in [-0.3, -0.25) is 14.5 Å². The van der Waals surface area contributed by atoms with Crippen molar-refractivity contribution in [3.63, 3.8) is 0 Å². The molecule has 0 bridgehead atoms. The maximum absolute atomic E-state index is 14.3. The highest BCUT2D eigenvalue weighted by molar-refractivity contribution is 6.42. The number of alkyl halides is 3. The average Bonchev–Trinajstić information content (AvgIpc) is 3.38. The topological polar surface area (TPSA) is 55.9 Å². The number of hydrogen-bond donors (Lipinski definition) is 1. The van der Waals surface area contributed by atoms with Gasteiger partial charge >= 0.3 is 6.18 Å². The molecular formula is C31H38Cl2F4N4O2. The molecule has 1 N–H and O–H groups in total. The molecule has 6 nitrogen and oxygen atoms in total. The number of piperidine rings is 1. The van der Waals surface area contributed by atoms with Gasteiger partial charge in [-0.2, -0.15) is 13.2 Å². The second kappa shape index (κ2) is 14.6. The zero-order valence-electron chi connectivity index (χ0n) is 24.4. The van der Waals surface area contributed by atoms with Crippen LogP contribution in [0.15, 0.2) is 36.4 Å². The number of carbonyl (C=O) groups excluding carboxylic acids is 2. The maximum atomic E-state index is 14.3. The fraction of sp³-hybridized carbons (Fsp3) is 0.548. The number of rotatable bonds is 10. The molecule has 2 saturated heterocycles. The minimum Gasteiger partial charge on any atom is -0.354 e. The smallest absolute Gasteiger partial charge is 0.354 e. The summed E-state index contributed by atoms with van der Waals surface area (Å²) in [6.07, 6.45) is -0.846. The van der Waals surface area contributed by atoms with E-state index in [0.29, 0.717) is 35.1 Å². The molecule has 0 saturated carbocycles. The molecule has 2 aliphatic rings. The van der Waals surface area contributed by atoms with Crippen LogP contribution in [0.4, 0.5) is 17.6 Å². The van der Waals surface area contributed by atoms with Gasteiger partial charge in [0.25, 0.3) is 0 Å². The lowest BCUT2D eigenvalue weighted by Crippen LogP contribution is -2.44. The number of carbonyl (C=O) groups is 2. The highest BCUT2D eigenvalue weighted by atomic mass is 35.5. The van der Waals surface area contributed by atoms with Gasteiger partial charge in [-0.25, -0.2) is 4.39 Å². The third-order valence-electron chi connectivity index (χ3n) is 8.46. The molecule has 0 radical (unpaired) electrons. The fourth-order valence-electron chi connectivity index (χ4n) is 6.16. The van der Waals surface area contributed by atoms with Gasteiger partial charge in [-0.1, -0.05) is 35.3 Å². The van der Waals surface area contributed by atoms with Gasteiger partial charge in [0.15, 0.2) is 0 Å². The zero-order valence-corrected chi connectivity index (χ0v) is 25.9. The number of likely N-dealkylation sites (tertiary alicyclic amines) is 2. The summed E-state index contributed by atoms with van der Waals surface area (Å²) in [4.78, 5) is 30.7. The van der Waals surface area contributed by atoms with Crippen molar-refractivity contribution in [3.05, 3.63) is 69.0 Å². The molecule has 2 aromatic rings. The third kappa shape index (κ3) is 9.06. The predicted molar refractivity (Wildman–Crippen MR) is 160 cm³/mol. The molecule has 2 fully saturated rings. The quantitative estimate of drug-likeness (QED) is 0.242. The summed E-state index contributed by atoms with van der Waals surface area (Å²) in [5.41, 5.74) is 0.0225. The van der Waals surface area contributed by atoms with Crippen LogP contribution in [0.3, 0.4) is 0 Å². The molecule has 2 atom stereocenters. The van der Waals surface area contributed by atoms with Crippen LogP contribution >= 0.6 is 23.2 Å². The van der Waals surface area contributed by atoms with E-state index in [-0.39, 0.29) is 36.4 Å². The minimum absolute atomic E-state index is 0.00203. The van der Waals surface area contributed by atoms with E-state index in [4.69, 9.17) is 23.2 Å². The summed E-state index contributed by atoms with van der Waals surface area (Å²) in [6, 6.07) is 8.42. The summed E-state index contributed by atoms with van der Waals surface area (Å²) in [5, 5.41) is 3.80. The first-order valence-electron chi connectivity index (χ1n) is 14.6. The Labute approximate surface area is 260 Å². The fourth-order valence-corrected chi connectivity index (χ4v) is 6.46. The number of nitrogens with one attached hydrogen (secondary N) is 1. The Kier molecular flexibility index (Phi) is 11.4. The van der Waals surface area contributed by atoms with Gasteiger partial charge < -0.3 is 15.1 Å². The Hall–Kier alpha value is -2.40. The monoisotopic (exact) mass is 644 g/mol. The Bertz CT molecular complexity index is 1290. The van der Waals surface area contributed by atoms with Crippen LogP contribution < -0.4 is 5.32 Å². The standard InChI is InChI=1S/C31H38Cl2F4N4O2/c1-20(42)38-23-10-13-40(14-11-23)12-4-3-5-30(43)41-18-24(22-7-9-26(32)27(33)16-22)29(19-41)39(2)17-21-6-8-25(28(34)15-21)31(35,36)37/h6-9,15-16,23-24,29H,3-5,10-14,17-19H2,1-2H3,(H,38,42)/t24-,29+/m1/s1. The maximum Gasteiger partial charge on any atom is 0.419 e. The molecular weight excluding hydrogens is 607 g/mol. The molecule has 236 valence electrons. The van der Waals surface area contributed by atoms with Gasteiger partial charge in [-0.15, -0.1) is 0 Å². The van der Waals surface area contributed by atoms with E-state index in [1.807, 2.05) is 22.9 Å². The van der Waals surface area contributed by atoms with Crippen molar-refractivity contribution in [2.24, 2.45) is 0 Å². The molecule has 0 spiro atoms. The van der Waals surface area contributed by atoms with E-state index in [0.717, 1.165) is 63.0 Å². The average molecular weight is 646 g/mol. The van der Waals surface area contributed by atoms with Crippen LogP contribution in [-0.2, 0) is 22.3 Å². The molecule has 2 aliphatic heterocycles. The van der Waals surface area contributed by atoms with Crippen LogP contribution in [0, 0.1) is 5.82 Å². The van der Waals surface area contributed by atoms with Crippen LogP contribution in [0.2, 0.25) is 10.0 Å².